The second-order valence-corrected chi connectivity index (χ2v) is 4.33. The molecule has 2 atom stereocenters. The van der Waals surface area contributed by atoms with Crippen LogP contribution in [-0.2, 0) is 0 Å². The van der Waals surface area contributed by atoms with Crippen molar-refractivity contribution in [2.75, 3.05) is 13.1 Å². The van der Waals surface area contributed by atoms with Gasteiger partial charge in [0.25, 0.3) is 0 Å². The predicted octanol–water partition coefficient (Wildman–Crippen LogP) is 1.89. The van der Waals surface area contributed by atoms with E-state index in [0.717, 1.165) is 32.2 Å². The van der Waals surface area contributed by atoms with E-state index in [-0.39, 0.29) is 6.04 Å². The van der Waals surface area contributed by atoms with E-state index in [1.807, 2.05) is 6.92 Å². The predicted molar refractivity (Wildman–Crippen MR) is 59.8 cm³/mol. The van der Waals surface area contributed by atoms with Gasteiger partial charge in [-0.1, -0.05) is 12.8 Å². The normalized spacial score (nSPS) is 26.3. The molecule has 0 aromatic rings. The molecule has 1 rings (SSSR count). The molecule has 4 heteroatoms. The quantitative estimate of drug-likeness (QED) is 0.751. The fourth-order valence-electron chi connectivity index (χ4n) is 2.59. The number of nitrogens with two attached hydrogens (primary N) is 1. The van der Waals surface area contributed by atoms with Crippen LogP contribution >= 0.6 is 0 Å². The van der Waals surface area contributed by atoms with Gasteiger partial charge in [0.2, 0.25) is 0 Å². The summed E-state index contributed by atoms with van der Waals surface area (Å²) in [5.41, 5.74) is 5.54. The highest BCUT2D eigenvalue weighted by molar-refractivity contribution is 5.65. The van der Waals surface area contributed by atoms with E-state index in [1.165, 1.54) is 6.42 Å². The number of hydrogen-bond acceptors (Lipinski definition) is 2. The van der Waals surface area contributed by atoms with Crippen molar-refractivity contribution in [2.45, 2.75) is 45.1 Å². The molecule has 1 aliphatic carbocycles. The molecular weight excluding hydrogens is 192 g/mol. The van der Waals surface area contributed by atoms with Crippen LogP contribution in [0, 0.1) is 5.92 Å². The zero-order chi connectivity index (χ0) is 11.3. The molecule has 0 aromatic heterocycles. The van der Waals surface area contributed by atoms with Crippen molar-refractivity contribution in [2.24, 2.45) is 11.7 Å². The van der Waals surface area contributed by atoms with Gasteiger partial charge in [0.05, 0.1) is 0 Å². The van der Waals surface area contributed by atoms with Gasteiger partial charge in [0, 0.05) is 12.6 Å². The Kier molecular flexibility index (Phi) is 4.88. The van der Waals surface area contributed by atoms with Crippen molar-refractivity contribution in [1.29, 1.82) is 0 Å². The Morgan fingerprint density at radius 2 is 2.27 bits per heavy atom. The van der Waals surface area contributed by atoms with Gasteiger partial charge < -0.3 is 15.7 Å². The summed E-state index contributed by atoms with van der Waals surface area (Å²) in [6.07, 6.45) is 4.62. The molecule has 1 saturated carbocycles. The fraction of sp³-hybridized carbons (Fsp3) is 0.909. The first-order valence-electron chi connectivity index (χ1n) is 5.88. The van der Waals surface area contributed by atoms with E-state index in [2.05, 4.69) is 0 Å². The summed E-state index contributed by atoms with van der Waals surface area (Å²) in [5.74, 6) is 0.627. The van der Waals surface area contributed by atoms with E-state index in [9.17, 15) is 4.79 Å². The second-order valence-electron chi connectivity index (χ2n) is 4.33. The van der Waals surface area contributed by atoms with E-state index >= 15 is 0 Å². The fourth-order valence-corrected chi connectivity index (χ4v) is 2.59. The van der Waals surface area contributed by atoms with Crippen LogP contribution in [0.25, 0.3) is 0 Å². The summed E-state index contributed by atoms with van der Waals surface area (Å²) in [7, 11) is 0. The summed E-state index contributed by atoms with van der Waals surface area (Å²) in [4.78, 5) is 12.6. The Morgan fingerprint density at radius 3 is 2.80 bits per heavy atom. The standard InChI is InChI=1S/C11H22N2O2/c1-2-13(11(14)15)10-5-3-4-9(8-10)6-7-12/h9-10H,2-8,12H2,1H3,(H,14,15). The third kappa shape index (κ3) is 3.38. The number of nitrogens with zero attached hydrogens (tertiary/aromatic N) is 1. The van der Waals surface area contributed by atoms with Crippen molar-refractivity contribution in [3.63, 3.8) is 0 Å². The first-order valence-corrected chi connectivity index (χ1v) is 5.88. The zero-order valence-corrected chi connectivity index (χ0v) is 9.48. The lowest BCUT2D eigenvalue weighted by Crippen LogP contribution is -2.42. The Morgan fingerprint density at radius 1 is 1.53 bits per heavy atom. The number of amides is 1. The third-order valence-corrected chi connectivity index (χ3v) is 3.36. The number of carbonyl (C=O) groups is 1. The first-order chi connectivity index (χ1) is 7.19. The summed E-state index contributed by atoms with van der Waals surface area (Å²) < 4.78 is 0. The van der Waals surface area contributed by atoms with Gasteiger partial charge in [-0.2, -0.15) is 0 Å². The molecule has 0 spiro atoms. The minimum absolute atomic E-state index is 0.220. The van der Waals surface area contributed by atoms with Crippen LogP contribution < -0.4 is 5.73 Å². The number of hydrogen-bond donors (Lipinski definition) is 2. The van der Waals surface area contributed by atoms with E-state index in [1.54, 1.807) is 4.90 Å². The maximum atomic E-state index is 11.0. The topological polar surface area (TPSA) is 66.6 Å². The molecule has 0 bridgehead atoms. The Balaban J connectivity index is 2.50. The maximum Gasteiger partial charge on any atom is 0.407 e. The lowest BCUT2D eigenvalue weighted by atomic mass is 9.83. The average Bonchev–Trinajstić information content (AvgIpc) is 2.19. The SMILES string of the molecule is CCN(C(=O)O)C1CCCC(CCN)C1. The summed E-state index contributed by atoms with van der Waals surface area (Å²) >= 11 is 0. The molecule has 4 nitrogen and oxygen atoms in total. The average molecular weight is 214 g/mol. The molecule has 0 heterocycles. The smallest absolute Gasteiger partial charge is 0.407 e. The monoisotopic (exact) mass is 214 g/mol. The Bertz CT molecular complexity index is 207. The summed E-state index contributed by atoms with van der Waals surface area (Å²) in [5, 5.41) is 9.04. The Hall–Kier alpha value is -0.770. The van der Waals surface area contributed by atoms with E-state index in [4.69, 9.17) is 10.8 Å². The van der Waals surface area contributed by atoms with Gasteiger partial charge in [-0.05, 0) is 38.6 Å². The van der Waals surface area contributed by atoms with Gasteiger partial charge in [0.1, 0.15) is 0 Å². The van der Waals surface area contributed by atoms with Crippen LogP contribution in [0.1, 0.15) is 39.0 Å². The molecule has 2 unspecified atom stereocenters. The largest absolute Gasteiger partial charge is 0.465 e. The molecule has 15 heavy (non-hydrogen) atoms. The van der Waals surface area contributed by atoms with Crippen molar-refractivity contribution in [3.05, 3.63) is 0 Å². The van der Waals surface area contributed by atoms with Gasteiger partial charge >= 0.3 is 6.09 Å². The van der Waals surface area contributed by atoms with Crippen LogP contribution in [0.4, 0.5) is 4.79 Å². The minimum atomic E-state index is -0.782. The molecule has 1 amide bonds. The molecule has 1 fully saturated rings. The lowest BCUT2D eigenvalue weighted by molar-refractivity contribution is 0.103. The van der Waals surface area contributed by atoms with Crippen LogP contribution in [0.15, 0.2) is 0 Å². The van der Waals surface area contributed by atoms with E-state index < -0.39 is 6.09 Å². The Labute approximate surface area is 91.4 Å². The molecule has 88 valence electrons. The maximum absolute atomic E-state index is 11.0. The van der Waals surface area contributed by atoms with Crippen molar-refractivity contribution >= 4 is 6.09 Å². The van der Waals surface area contributed by atoms with Crippen LogP contribution in [0.5, 0.6) is 0 Å². The molecule has 0 aliphatic heterocycles. The molecule has 0 aromatic carbocycles. The number of carboxylic acid groups (broad SMARTS) is 1. The van der Waals surface area contributed by atoms with Gasteiger partial charge in [0.15, 0.2) is 0 Å². The van der Waals surface area contributed by atoms with Crippen molar-refractivity contribution < 1.29 is 9.90 Å². The third-order valence-electron chi connectivity index (χ3n) is 3.36. The summed E-state index contributed by atoms with van der Waals surface area (Å²) in [6, 6.07) is 0.220. The molecule has 1 aliphatic rings. The van der Waals surface area contributed by atoms with Crippen LogP contribution in [0.3, 0.4) is 0 Å². The first kappa shape index (κ1) is 12.3. The van der Waals surface area contributed by atoms with Gasteiger partial charge in [-0.3, -0.25) is 0 Å². The van der Waals surface area contributed by atoms with E-state index in [0.29, 0.717) is 12.5 Å². The van der Waals surface area contributed by atoms with Crippen molar-refractivity contribution in [3.8, 4) is 0 Å². The molecule has 0 radical (unpaired) electrons. The highest BCUT2D eigenvalue weighted by Gasteiger charge is 2.27. The minimum Gasteiger partial charge on any atom is -0.465 e. The van der Waals surface area contributed by atoms with Crippen LogP contribution in [-0.4, -0.2) is 35.2 Å². The van der Waals surface area contributed by atoms with Crippen LogP contribution in [0.2, 0.25) is 0 Å². The lowest BCUT2D eigenvalue weighted by Gasteiger charge is -2.35. The van der Waals surface area contributed by atoms with Gasteiger partial charge in [-0.25, -0.2) is 4.79 Å². The highest BCUT2D eigenvalue weighted by Crippen LogP contribution is 2.29. The van der Waals surface area contributed by atoms with Crippen molar-refractivity contribution in [1.82, 2.24) is 4.90 Å². The molecule has 3 N–H and O–H groups in total. The molecular formula is C11H22N2O2. The summed E-state index contributed by atoms with van der Waals surface area (Å²) in [6.45, 7) is 3.21. The van der Waals surface area contributed by atoms with Gasteiger partial charge in [-0.15, -0.1) is 0 Å². The zero-order valence-electron chi connectivity index (χ0n) is 9.48. The highest BCUT2D eigenvalue weighted by atomic mass is 16.4. The molecule has 0 saturated heterocycles. The number of rotatable bonds is 4. The second kappa shape index (κ2) is 5.95.